The average Bonchev–Trinajstić information content (AvgIpc) is 3.13. The van der Waals surface area contributed by atoms with Crippen LogP contribution in [0, 0.1) is 0 Å². The molecule has 1 aromatic heterocycles. The Morgan fingerprint density at radius 2 is 1.36 bits per heavy atom. The molecule has 33 heavy (non-hydrogen) atoms. The van der Waals surface area contributed by atoms with Gasteiger partial charge in [0.1, 0.15) is 0 Å². The van der Waals surface area contributed by atoms with Crippen LogP contribution in [0.3, 0.4) is 0 Å². The van der Waals surface area contributed by atoms with Gasteiger partial charge in [-0.3, -0.25) is 0 Å². The van der Waals surface area contributed by atoms with Gasteiger partial charge >= 0.3 is 0 Å². The molecular weight excluding hydrogens is 440 g/mol. The monoisotopic (exact) mass is 480 g/mol. The van der Waals surface area contributed by atoms with Crippen LogP contribution in [0.4, 0.5) is 0 Å². The first kappa shape index (κ1) is 24.6. The van der Waals surface area contributed by atoms with Crippen molar-refractivity contribution in [3.05, 3.63) is 59.2 Å². The molecule has 2 aromatic carbocycles. The van der Waals surface area contributed by atoms with Crippen molar-refractivity contribution < 1.29 is 0 Å². The molecule has 178 valence electrons. The molecule has 1 aliphatic rings. The molecule has 0 aliphatic carbocycles. The lowest BCUT2D eigenvalue weighted by atomic mass is 9.89. The third kappa shape index (κ3) is 4.33. The van der Waals surface area contributed by atoms with E-state index < -0.39 is 8.24 Å². The molecule has 0 spiro atoms. The Morgan fingerprint density at radius 1 is 0.818 bits per heavy atom. The van der Waals surface area contributed by atoms with E-state index in [1.807, 2.05) is 12.1 Å². The van der Waals surface area contributed by atoms with Gasteiger partial charge < -0.3 is 9.13 Å². The molecule has 0 atom stereocenters. The zero-order valence-corrected chi connectivity index (χ0v) is 23.3. The smallest absolute Gasteiger partial charge is 0.169 e. The standard InChI is InChI=1S/C29H41ClN2Si/c1-20(2)33(21(3)4,22(5)6)32-19-28(24-14-16-31(7)17-15-24)27-18-25(10-13-29(27)32)23-8-11-26(30)12-9-23/h8-13,18-22,24H,14-17H2,1-7H3. The predicted molar refractivity (Wildman–Crippen MR) is 148 cm³/mol. The number of likely N-dealkylation sites (tertiary alicyclic amines) is 1. The molecule has 0 bridgehead atoms. The van der Waals surface area contributed by atoms with Crippen molar-refractivity contribution in [2.45, 2.75) is 76.9 Å². The van der Waals surface area contributed by atoms with Crippen molar-refractivity contribution in [3.8, 4) is 11.1 Å². The van der Waals surface area contributed by atoms with Gasteiger partial charge in [0.05, 0.1) is 0 Å². The largest absolute Gasteiger partial charge is 0.373 e. The first-order valence-corrected chi connectivity index (χ1v) is 15.3. The zero-order valence-electron chi connectivity index (χ0n) is 21.5. The predicted octanol–water partition coefficient (Wildman–Crippen LogP) is 8.79. The van der Waals surface area contributed by atoms with Gasteiger partial charge in [-0.05, 0) is 103 Å². The van der Waals surface area contributed by atoms with Gasteiger partial charge in [-0.25, -0.2) is 0 Å². The molecule has 2 nitrogen and oxygen atoms in total. The van der Waals surface area contributed by atoms with E-state index in [9.17, 15) is 0 Å². The Bertz CT molecular complexity index is 1070. The van der Waals surface area contributed by atoms with Crippen molar-refractivity contribution >= 4 is 30.7 Å². The number of halogens is 1. The second-order valence-electron chi connectivity index (χ2n) is 11.1. The summed E-state index contributed by atoms with van der Waals surface area (Å²) in [5.41, 5.74) is 7.58. The maximum atomic E-state index is 6.17. The minimum atomic E-state index is -1.84. The number of hydrogen-bond acceptors (Lipinski definition) is 1. The minimum Gasteiger partial charge on any atom is -0.373 e. The summed E-state index contributed by atoms with van der Waals surface area (Å²) >= 11 is 6.17. The molecule has 1 fully saturated rings. The Morgan fingerprint density at radius 3 is 1.91 bits per heavy atom. The van der Waals surface area contributed by atoms with E-state index in [0.717, 1.165) is 5.02 Å². The van der Waals surface area contributed by atoms with Crippen LogP contribution >= 0.6 is 11.6 Å². The molecule has 1 saturated heterocycles. The lowest BCUT2D eigenvalue weighted by Gasteiger charge is -2.44. The van der Waals surface area contributed by atoms with Crippen LogP contribution in [0.2, 0.25) is 21.6 Å². The lowest BCUT2D eigenvalue weighted by Crippen LogP contribution is -2.51. The maximum Gasteiger partial charge on any atom is 0.169 e. The van der Waals surface area contributed by atoms with Crippen molar-refractivity contribution in [3.63, 3.8) is 0 Å². The summed E-state index contributed by atoms with van der Waals surface area (Å²) in [6, 6.07) is 15.5. The molecule has 4 heteroatoms. The highest BCUT2D eigenvalue weighted by atomic mass is 35.5. The molecule has 3 aromatic rings. The summed E-state index contributed by atoms with van der Waals surface area (Å²) < 4.78 is 2.82. The van der Waals surface area contributed by atoms with Crippen molar-refractivity contribution in [2.75, 3.05) is 20.1 Å². The highest BCUT2D eigenvalue weighted by Crippen LogP contribution is 2.46. The van der Waals surface area contributed by atoms with Crippen molar-refractivity contribution in [2.24, 2.45) is 0 Å². The summed E-state index contributed by atoms with van der Waals surface area (Å²) in [4.78, 5) is 2.48. The number of hydrogen-bond donors (Lipinski definition) is 0. The third-order valence-electron chi connectivity index (χ3n) is 8.36. The molecular formula is C29H41ClN2Si. The Hall–Kier alpha value is -1.55. The molecule has 4 rings (SSSR count). The summed E-state index contributed by atoms with van der Waals surface area (Å²) in [5.74, 6) is 0.642. The highest BCUT2D eigenvalue weighted by Gasteiger charge is 2.46. The highest BCUT2D eigenvalue weighted by molar-refractivity contribution is 6.82. The Kier molecular flexibility index (Phi) is 7.15. The van der Waals surface area contributed by atoms with E-state index in [1.165, 1.54) is 48.0 Å². The van der Waals surface area contributed by atoms with Crippen LogP contribution in [-0.4, -0.2) is 37.5 Å². The van der Waals surface area contributed by atoms with Gasteiger partial charge in [0, 0.05) is 15.9 Å². The van der Waals surface area contributed by atoms with E-state index >= 15 is 0 Å². The number of nitrogens with zero attached hydrogens (tertiary/aromatic N) is 2. The van der Waals surface area contributed by atoms with Gasteiger partial charge in [-0.15, -0.1) is 0 Å². The van der Waals surface area contributed by atoms with Gasteiger partial charge in [0.15, 0.2) is 8.24 Å². The quantitative estimate of drug-likeness (QED) is 0.320. The van der Waals surface area contributed by atoms with E-state index in [2.05, 4.69) is 94.3 Å². The SMILES string of the molecule is CC(C)[Si](C(C)C)(C(C)C)n1cc(C2CCN(C)CC2)c2cc(-c3ccc(Cl)cc3)ccc21. The molecule has 0 amide bonds. The number of aromatic nitrogens is 1. The third-order valence-corrected chi connectivity index (χ3v) is 15.4. The molecule has 0 radical (unpaired) electrons. The number of piperidine rings is 1. The molecule has 0 N–H and O–H groups in total. The molecule has 0 saturated carbocycles. The fourth-order valence-electron chi connectivity index (χ4n) is 6.88. The van der Waals surface area contributed by atoms with Crippen LogP contribution in [0.25, 0.3) is 22.0 Å². The van der Waals surface area contributed by atoms with Gasteiger partial charge in [0.25, 0.3) is 0 Å². The minimum absolute atomic E-state index is 0.642. The Balaban J connectivity index is 1.95. The maximum absolute atomic E-state index is 6.17. The number of rotatable bonds is 6. The van der Waals surface area contributed by atoms with Crippen molar-refractivity contribution in [1.29, 1.82) is 0 Å². The first-order chi connectivity index (χ1) is 15.7. The van der Waals surface area contributed by atoms with Gasteiger partial charge in [-0.1, -0.05) is 71.3 Å². The Labute approximate surface area is 207 Å². The van der Waals surface area contributed by atoms with Crippen LogP contribution in [0.15, 0.2) is 48.7 Å². The molecule has 0 unspecified atom stereocenters. The van der Waals surface area contributed by atoms with Gasteiger partial charge in [0.2, 0.25) is 0 Å². The van der Waals surface area contributed by atoms with E-state index in [4.69, 9.17) is 11.6 Å². The zero-order chi connectivity index (χ0) is 23.9. The fourth-order valence-corrected chi connectivity index (χ4v) is 13.6. The van der Waals surface area contributed by atoms with Crippen LogP contribution in [0.1, 0.15) is 65.9 Å². The summed E-state index contributed by atoms with van der Waals surface area (Å²) in [7, 11) is 0.417. The van der Waals surface area contributed by atoms with Crippen LogP contribution < -0.4 is 0 Å². The average molecular weight is 481 g/mol. The van der Waals surface area contributed by atoms with E-state index in [-0.39, 0.29) is 0 Å². The van der Waals surface area contributed by atoms with Crippen molar-refractivity contribution in [1.82, 2.24) is 9.13 Å². The molecule has 1 aliphatic heterocycles. The topological polar surface area (TPSA) is 8.17 Å². The normalized spacial score (nSPS) is 16.6. The summed E-state index contributed by atoms with van der Waals surface area (Å²) in [5, 5.41) is 2.26. The van der Waals surface area contributed by atoms with Crippen LogP contribution in [0.5, 0.6) is 0 Å². The van der Waals surface area contributed by atoms with E-state index in [1.54, 1.807) is 5.56 Å². The van der Waals surface area contributed by atoms with Crippen LogP contribution in [-0.2, 0) is 0 Å². The summed E-state index contributed by atoms with van der Waals surface area (Å²) in [6.45, 7) is 17.2. The fraction of sp³-hybridized carbons (Fsp3) is 0.517. The lowest BCUT2D eigenvalue weighted by molar-refractivity contribution is 0.256. The number of benzene rings is 2. The summed E-state index contributed by atoms with van der Waals surface area (Å²) in [6.07, 6.45) is 5.11. The second kappa shape index (κ2) is 9.60. The number of fused-ring (bicyclic) bond motifs is 1. The first-order valence-electron chi connectivity index (χ1n) is 12.8. The second-order valence-corrected chi connectivity index (χ2v) is 17.3. The molecule has 2 heterocycles. The van der Waals surface area contributed by atoms with E-state index in [0.29, 0.717) is 22.5 Å². The van der Waals surface area contributed by atoms with Gasteiger partial charge in [-0.2, -0.15) is 0 Å².